The van der Waals surface area contributed by atoms with Crippen LogP contribution in [0.4, 0.5) is 5.69 Å². The Hall–Kier alpha value is -1.17. The van der Waals surface area contributed by atoms with Crippen LogP contribution in [0, 0.1) is 10.1 Å². The van der Waals surface area contributed by atoms with Gasteiger partial charge in [-0.05, 0) is 45.0 Å². The Morgan fingerprint density at radius 3 is 2.74 bits per heavy atom. The monoisotopic (exact) mass is 286 g/mol. The molecule has 0 heterocycles. The van der Waals surface area contributed by atoms with Crippen molar-refractivity contribution in [3.63, 3.8) is 0 Å². The molecule has 0 saturated carbocycles. The van der Waals surface area contributed by atoms with Gasteiger partial charge in [0.25, 0.3) is 5.69 Å². The minimum absolute atomic E-state index is 0.103. The van der Waals surface area contributed by atoms with E-state index in [4.69, 9.17) is 16.7 Å². The van der Waals surface area contributed by atoms with Gasteiger partial charge in [0.2, 0.25) is 0 Å². The number of hydrogen-bond donors (Lipinski definition) is 1. The van der Waals surface area contributed by atoms with Gasteiger partial charge in [0.05, 0.1) is 4.92 Å². The number of hydrogen-bond acceptors (Lipinski definition) is 4. The number of aliphatic hydroxyl groups is 1. The van der Waals surface area contributed by atoms with E-state index in [2.05, 4.69) is 0 Å². The average Bonchev–Trinajstić information content (AvgIpc) is 2.34. The maximum absolute atomic E-state index is 10.9. The number of nitro benzene ring substituents is 1. The third-order valence-corrected chi connectivity index (χ3v) is 3.11. The van der Waals surface area contributed by atoms with Gasteiger partial charge in [0.1, 0.15) is 0 Å². The van der Waals surface area contributed by atoms with Crippen molar-refractivity contribution in [3.8, 4) is 0 Å². The van der Waals surface area contributed by atoms with Crippen LogP contribution in [0.15, 0.2) is 18.2 Å². The highest BCUT2D eigenvalue weighted by molar-refractivity contribution is 6.30. The number of rotatable bonds is 8. The lowest BCUT2D eigenvalue weighted by atomic mass is 10.1. The zero-order valence-corrected chi connectivity index (χ0v) is 11.8. The fraction of sp³-hybridized carbons (Fsp3) is 0.538. The van der Waals surface area contributed by atoms with Gasteiger partial charge < -0.3 is 10.0 Å². The summed E-state index contributed by atoms with van der Waals surface area (Å²) in [7, 11) is 1.92. The van der Waals surface area contributed by atoms with Crippen LogP contribution in [0.3, 0.4) is 0 Å². The minimum Gasteiger partial charge on any atom is -0.396 e. The maximum atomic E-state index is 10.9. The summed E-state index contributed by atoms with van der Waals surface area (Å²) < 4.78 is 0. The number of aliphatic hydroxyl groups excluding tert-OH is 1. The SMILES string of the molecule is CN(CCCCCO)Cc1cc(Cl)ccc1[N+](=O)[O-]. The second-order valence-electron chi connectivity index (χ2n) is 4.55. The molecule has 0 amide bonds. The number of unbranched alkanes of at least 4 members (excludes halogenated alkanes) is 2. The quantitative estimate of drug-likeness (QED) is 0.453. The molecular formula is C13H19ClN2O3. The molecule has 0 aliphatic carbocycles. The summed E-state index contributed by atoms with van der Waals surface area (Å²) in [6.07, 6.45) is 2.72. The largest absolute Gasteiger partial charge is 0.396 e. The standard InChI is InChI=1S/C13H19ClN2O3/c1-15(7-3-2-4-8-17)10-11-9-12(14)5-6-13(11)16(18)19/h5-6,9,17H,2-4,7-8,10H2,1H3. The molecule has 0 radical (unpaired) electrons. The van der Waals surface area contributed by atoms with E-state index in [1.165, 1.54) is 12.1 Å². The van der Waals surface area contributed by atoms with Gasteiger partial charge in [-0.25, -0.2) is 0 Å². The third kappa shape index (κ3) is 5.55. The van der Waals surface area contributed by atoms with E-state index in [0.29, 0.717) is 17.1 Å². The summed E-state index contributed by atoms with van der Waals surface area (Å²) >= 11 is 5.88. The van der Waals surface area contributed by atoms with E-state index >= 15 is 0 Å². The molecular weight excluding hydrogens is 268 g/mol. The molecule has 0 atom stereocenters. The molecule has 6 heteroatoms. The van der Waals surface area contributed by atoms with Gasteiger partial charge in [-0.1, -0.05) is 11.6 Å². The van der Waals surface area contributed by atoms with E-state index in [-0.39, 0.29) is 17.2 Å². The van der Waals surface area contributed by atoms with Crippen LogP contribution in [-0.2, 0) is 6.54 Å². The molecule has 5 nitrogen and oxygen atoms in total. The maximum Gasteiger partial charge on any atom is 0.273 e. The zero-order chi connectivity index (χ0) is 14.3. The zero-order valence-electron chi connectivity index (χ0n) is 11.0. The molecule has 1 aromatic rings. The lowest BCUT2D eigenvalue weighted by molar-refractivity contribution is -0.385. The molecule has 0 unspecified atom stereocenters. The van der Waals surface area contributed by atoms with Gasteiger partial charge >= 0.3 is 0 Å². The molecule has 0 saturated heterocycles. The lowest BCUT2D eigenvalue weighted by Crippen LogP contribution is -2.19. The van der Waals surface area contributed by atoms with E-state index in [1.807, 2.05) is 11.9 Å². The van der Waals surface area contributed by atoms with E-state index in [0.717, 1.165) is 25.8 Å². The van der Waals surface area contributed by atoms with Crippen molar-refractivity contribution in [2.45, 2.75) is 25.8 Å². The molecule has 0 bridgehead atoms. The van der Waals surface area contributed by atoms with E-state index in [1.54, 1.807) is 6.07 Å². The predicted molar refractivity (Wildman–Crippen MR) is 75.4 cm³/mol. The highest BCUT2D eigenvalue weighted by atomic mass is 35.5. The van der Waals surface area contributed by atoms with Crippen molar-refractivity contribution in [1.29, 1.82) is 0 Å². The lowest BCUT2D eigenvalue weighted by Gasteiger charge is -2.16. The van der Waals surface area contributed by atoms with Crippen molar-refractivity contribution in [2.24, 2.45) is 0 Å². The molecule has 0 aliphatic rings. The second-order valence-corrected chi connectivity index (χ2v) is 4.99. The predicted octanol–water partition coefficient (Wildman–Crippen LogP) is 2.84. The van der Waals surface area contributed by atoms with Gasteiger partial charge in [-0.3, -0.25) is 10.1 Å². The fourth-order valence-electron chi connectivity index (χ4n) is 1.90. The summed E-state index contributed by atoms with van der Waals surface area (Å²) in [6.45, 7) is 1.54. The number of halogens is 1. The highest BCUT2D eigenvalue weighted by Crippen LogP contribution is 2.23. The Morgan fingerprint density at radius 2 is 2.11 bits per heavy atom. The van der Waals surface area contributed by atoms with Crippen LogP contribution >= 0.6 is 11.6 Å². The normalized spacial score (nSPS) is 10.9. The van der Waals surface area contributed by atoms with Gasteiger partial charge in [0.15, 0.2) is 0 Å². The number of nitro groups is 1. The summed E-state index contributed by atoms with van der Waals surface area (Å²) in [6, 6.07) is 4.62. The summed E-state index contributed by atoms with van der Waals surface area (Å²) in [5.74, 6) is 0. The summed E-state index contributed by atoms with van der Waals surface area (Å²) in [4.78, 5) is 12.6. The topological polar surface area (TPSA) is 66.6 Å². The van der Waals surface area contributed by atoms with Crippen LogP contribution in [0.5, 0.6) is 0 Å². The minimum atomic E-state index is -0.384. The van der Waals surface area contributed by atoms with Crippen LogP contribution < -0.4 is 0 Å². The Labute approximate surface area is 117 Å². The van der Waals surface area contributed by atoms with Crippen LogP contribution in [0.1, 0.15) is 24.8 Å². The van der Waals surface area contributed by atoms with Gasteiger partial charge in [-0.15, -0.1) is 0 Å². The van der Waals surface area contributed by atoms with E-state index < -0.39 is 0 Å². The summed E-state index contributed by atoms with van der Waals surface area (Å²) in [5, 5.41) is 20.1. The molecule has 106 valence electrons. The molecule has 0 aromatic heterocycles. The van der Waals surface area contributed by atoms with Crippen LogP contribution in [-0.4, -0.2) is 35.1 Å². The smallest absolute Gasteiger partial charge is 0.273 e. The first-order valence-corrected chi connectivity index (χ1v) is 6.64. The van der Waals surface area contributed by atoms with Crippen LogP contribution in [0.25, 0.3) is 0 Å². The first kappa shape index (κ1) is 15.9. The Bertz CT molecular complexity index is 426. The molecule has 1 N–H and O–H groups in total. The summed E-state index contributed by atoms with van der Waals surface area (Å²) in [5.41, 5.74) is 0.730. The van der Waals surface area contributed by atoms with Crippen LogP contribution in [0.2, 0.25) is 5.02 Å². The number of nitrogens with zero attached hydrogens (tertiary/aromatic N) is 2. The fourth-order valence-corrected chi connectivity index (χ4v) is 2.09. The second kappa shape index (κ2) is 8.09. The van der Waals surface area contributed by atoms with Crippen molar-refractivity contribution in [1.82, 2.24) is 4.90 Å². The Morgan fingerprint density at radius 1 is 1.37 bits per heavy atom. The highest BCUT2D eigenvalue weighted by Gasteiger charge is 2.15. The molecule has 1 aromatic carbocycles. The molecule has 1 rings (SSSR count). The average molecular weight is 287 g/mol. The van der Waals surface area contributed by atoms with E-state index in [9.17, 15) is 10.1 Å². The van der Waals surface area contributed by atoms with Crippen molar-refractivity contribution in [3.05, 3.63) is 38.9 Å². The van der Waals surface area contributed by atoms with Crippen molar-refractivity contribution < 1.29 is 10.0 Å². The molecule has 0 spiro atoms. The molecule has 0 fully saturated rings. The van der Waals surface area contributed by atoms with Crippen molar-refractivity contribution >= 4 is 17.3 Å². The first-order valence-electron chi connectivity index (χ1n) is 6.27. The van der Waals surface area contributed by atoms with Gasteiger partial charge in [0, 0.05) is 29.8 Å². The third-order valence-electron chi connectivity index (χ3n) is 2.88. The molecule has 19 heavy (non-hydrogen) atoms. The van der Waals surface area contributed by atoms with Gasteiger partial charge in [-0.2, -0.15) is 0 Å². The van der Waals surface area contributed by atoms with Crippen molar-refractivity contribution in [2.75, 3.05) is 20.2 Å². The Kier molecular flexibility index (Phi) is 6.77. The first-order chi connectivity index (χ1) is 9.04. The number of benzene rings is 1. The Balaban J connectivity index is 2.60. The molecule has 0 aliphatic heterocycles.